The molecule has 0 atom stereocenters. The van der Waals surface area contributed by atoms with Crippen molar-refractivity contribution < 1.29 is 13.5 Å². The summed E-state index contributed by atoms with van der Waals surface area (Å²) in [5.41, 5.74) is 0.759. The topological polar surface area (TPSA) is 95.1 Å². The Kier molecular flexibility index (Phi) is 4.34. The predicted octanol–water partition coefficient (Wildman–Crippen LogP) is 0.293. The second-order valence-electron chi connectivity index (χ2n) is 3.51. The summed E-state index contributed by atoms with van der Waals surface area (Å²) in [6.07, 6.45) is 1.38. The van der Waals surface area contributed by atoms with Crippen LogP contribution in [0, 0.1) is 11.8 Å². The van der Waals surface area contributed by atoms with Crippen molar-refractivity contribution >= 4 is 21.4 Å². The van der Waals surface area contributed by atoms with E-state index in [0.717, 1.165) is 10.4 Å². The van der Waals surface area contributed by atoms with Gasteiger partial charge in [-0.1, -0.05) is 11.8 Å². The highest BCUT2D eigenvalue weighted by atomic mass is 32.2. The summed E-state index contributed by atoms with van der Waals surface area (Å²) in [5, 5.41) is 16.4. The van der Waals surface area contributed by atoms with E-state index in [1.54, 1.807) is 6.07 Å². The molecule has 3 N–H and O–H groups in total. The number of aliphatic hydroxyl groups is 1. The molecule has 0 fully saturated rings. The molecule has 0 amide bonds. The second kappa shape index (κ2) is 5.99. The Balaban J connectivity index is 2.01. The standard InChI is InChI=1S/C11H11N3O3S2/c15-5-1-2-9-6-10(18-8-9)7-13-19(16,17)11-3-4-12-14-11/h3-4,6,8,13,15H,5,7H2,(H,12,14). The van der Waals surface area contributed by atoms with Crippen LogP contribution in [-0.4, -0.2) is 30.3 Å². The smallest absolute Gasteiger partial charge is 0.257 e. The number of rotatable bonds is 4. The molecule has 0 unspecified atom stereocenters. The Morgan fingerprint density at radius 1 is 1.53 bits per heavy atom. The molecule has 8 heteroatoms. The summed E-state index contributed by atoms with van der Waals surface area (Å²) in [6, 6.07) is 3.16. The Hall–Kier alpha value is -1.66. The molecule has 2 heterocycles. The maximum atomic E-state index is 11.8. The maximum absolute atomic E-state index is 11.8. The zero-order valence-electron chi connectivity index (χ0n) is 9.75. The van der Waals surface area contributed by atoms with Crippen LogP contribution < -0.4 is 4.72 Å². The molecule has 0 aliphatic heterocycles. The Bertz CT molecular complexity index is 693. The van der Waals surface area contributed by atoms with Crippen molar-refractivity contribution in [3.63, 3.8) is 0 Å². The average molecular weight is 297 g/mol. The summed E-state index contributed by atoms with van der Waals surface area (Å²) in [4.78, 5) is 0.838. The van der Waals surface area contributed by atoms with E-state index in [1.165, 1.54) is 23.6 Å². The van der Waals surface area contributed by atoms with E-state index in [-0.39, 0.29) is 18.2 Å². The van der Waals surface area contributed by atoms with Crippen LogP contribution in [0.4, 0.5) is 0 Å². The van der Waals surface area contributed by atoms with Crippen LogP contribution in [0.15, 0.2) is 28.7 Å². The van der Waals surface area contributed by atoms with Crippen molar-refractivity contribution in [1.82, 2.24) is 14.9 Å². The molecule has 100 valence electrons. The van der Waals surface area contributed by atoms with Gasteiger partial charge in [-0.15, -0.1) is 11.3 Å². The quantitative estimate of drug-likeness (QED) is 0.707. The largest absolute Gasteiger partial charge is 0.384 e. The Morgan fingerprint density at radius 3 is 3.05 bits per heavy atom. The van der Waals surface area contributed by atoms with Gasteiger partial charge >= 0.3 is 0 Å². The molecule has 19 heavy (non-hydrogen) atoms. The monoisotopic (exact) mass is 297 g/mol. The molecule has 0 aliphatic carbocycles. The van der Waals surface area contributed by atoms with Crippen LogP contribution in [0.25, 0.3) is 0 Å². The van der Waals surface area contributed by atoms with Crippen molar-refractivity contribution in [2.75, 3.05) is 6.61 Å². The lowest BCUT2D eigenvalue weighted by atomic mass is 10.3. The first-order valence-electron chi connectivity index (χ1n) is 5.28. The molecule has 0 radical (unpaired) electrons. The molecular weight excluding hydrogens is 286 g/mol. The molecule has 0 bridgehead atoms. The van der Waals surface area contributed by atoms with Gasteiger partial charge in [-0.25, -0.2) is 13.1 Å². The van der Waals surface area contributed by atoms with Crippen LogP contribution in [0.2, 0.25) is 0 Å². The van der Waals surface area contributed by atoms with Gasteiger partial charge < -0.3 is 5.11 Å². The zero-order valence-corrected chi connectivity index (χ0v) is 11.4. The first-order chi connectivity index (χ1) is 9.12. The molecule has 0 aliphatic rings. The van der Waals surface area contributed by atoms with E-state index in [9.17, 15) is 8.42 Å². The first kappa shape index (κ1) is 13.8. The minimum absolute atomic E-state index is 0.0318. The molecule has 0 spiro atoms. The fourth-order valence-corrected chi connectivity index (χ4v) is 3.08. The van der Waals surface area contributed by atoms with Crippen molar-refractivity contribution in [2.24, 2.45) is 0 Å². The number of aromatic nitrogens is 2. The van der Waals surface area contributed by atoms with Crippen molar-refractivity contribution in [3.8, 4) is 11.8 Å². The van der Waals surface area contributed by atoms with Crippen LogP contribution in [0.1, 0.15) is 10.4 Å². The number of nitrogens with zero attached hydrogens (tertiary/aromatic N) is 1. The molecule has 0 saturated carbocycles. The molecule has 2 aromatic heterocycles. The van der Waals surface area contributed by atoms with Gasteiger partial charge in [0.1, 0.15) is 6.61 Å². The molecule has 2 rings (SSSR count). The second-order valence-corrected chi connectivity index (χ2v) is 6.24. The lowest BCUT2D eigenvalue weighted by molar-refractivity contribution is 0.350. The minimum Gasteiger partial charge on any atom is -0.384 e. The van der Waals surface area contributed by atoms with Crippen molar-refractivity contribution in [2.45, 2.75) is 11.6 Å². The third-order valence-electron chi connectivity index (χ3n) is 2.17. The van der Waals surface area contributed by atoms with Gasteiger partial charge in [-0.3, -0.25) is 5.10 Å². The molecule has 0 aromatic carbocycles. The number of hydrogen-bond donors (Lipinski definition) is 3. The summed E-state index contributed by atoms with van der Waals surface area (Å²) >= 11 is 1.40. The highest BCUT2D eigenvalue weighted by Gasteiger charge is 2.15. The summed E-state index contributed by atoms with van der Waals surface area (Å²) < 4.78 is 26.1. The highest BCUT2D eigenvalue weighted by molar-refractivity contribution is 7.89. The SMILES string of the molecule is O=S(=O)(NCc1cc(C#CCO)cs1)c1ccn[nH]1. The minimum atomic E-state index is -3.56. The van der Waals surface area contributed by atoms with Gasteiger partial charge in [0.25, 0.3) is 10.0 Å². The van der Waals surface area contributed by atoms with Crippen molar-refractivity contribution in [1.29, 1.82) is 0 Å². The van der Waals surface area contributed by atoms with E-state index in [0.29, 0.717) is 0 Å². The predicted molar refractivity (Wildman–Crippen MR) is 70.9 cm³/mol. The van der Waals surface area contributed by atoms with Gasteiger partial charge in [0, 0.05) is 22.4 Å². The third kappa shape index (κ3) is 3.65. The van der Waals surface area contributed by atoms with Crippen LogP contribution in [-0.2, 0) is 16.6 Å². The number of sulfonamides is 1. The normalized spacial score (nSPS) is 11.0. The zero-order chi connectivity index (χ0) is 13.7. The molecule has 0 saturated heterocycles. The van der Waals surface area contributed by atoms with Gasteiger partial charge in [0.05, 0.1) is 6.20 Å². The van der Waals surface area contributed by atoms with E-state index in [4.69, 9.17) is 5.11 Å². The van der Waals surface area contributed by atoms with Crippen LogP contribution >= 0.6 is 11.3 Å². The average Bonchev–Trinajstić information content (AvgIpc) is 3.05. The highest BCUT2D eigenvalue weighted by Crippen LogP contribution is 2.14. The van der Waals surface area contributed by atoms with E-state index in [1.807, 2.05) is 5.38 Å². The number of aromatic amines is 1. The first-order valence-corrected chi connectivity index (χ1v) is 7.64. The number of aliphatic hydroxyl groups excluding tert-OH is 1. The third-order valence-corrected chi connectivity index (χ3v) is 4.43. The number of H-pyrrole nitrogens is 1. The summed E-state index contributed by atoms with van der Waals surface area (Å²) in [7, 11) is -3.56. The lowest BCUT2D eigenvalue weighted by Gasteiger charge is -2.02. The Morgan fingerprint density at radius 2 is 2.37 bits per heavy atom. The van der Waals surface area contributed by atoms with E-state index in [2.05, 4.69) is 26.8 Å². The number of thiophene rings is 1. The van der Waals surface area contributed by atoms with Crippen molar-refractivity contribution in [3.05, 3.63) is 34.2 Å². The lowest BCUT2D eigenvalue weighted by Crippen LogP contribution is -2.23. The number of nitrogens with one attached hydrogen (secondary N) is 2. The fourth-order valence-electron chi connectivity index (χ4n) is 1.32. The van der Waals surface area contributed by atoms with Gasteiger partial charge in [-0.05, 0) is 12.1 Å². The van der Waals surface area contributed by atoms with Gasteiger partial charge in [0.2, 0.25) is 0 Å². The van der Waals surface area contributed by atoms with Gasteiger partial charge in [-0.2, -0.15) is 5.10 Å². The van der Waals surface area contributed by atoms with Crippen LogP contribution in [0.3, 0.4) is 0 Å². The van der Waals surface area contributed by atoms with Crippen LogP contribution in [0.5, 0.6) is 0 Å². The van der Waals surface area contributed by atoms with E-state index < -0.39 is 10.0 Å². The van der Waals surface area contributed by atoms with E-state index >= 15 is 0 Å². The number of hydrogen-bond acceptors (Lipinski definition) is 5. The summed E-state index contributed by atoms with van der Waals surface area (Å²) in [6.45, 7) is -0.00947. The molecule has 2 aromatic rings. The maximum Gasteiger partial charge on any atom is 0.257 e. The Labute approximate surface area is 114 Å². The van der Waals surface area contributed by atoms with Gasteiger partial charge in [0.15, 0.2) is 5.03 Å². The molecular formula is C11H11N3O3S2. The summed E-state index contributed by atoms with van der Waals surface area (Å²) in [5.74, 6) is 5.29. The molecule has 6 nitrogen and oxygen atoms in total. The fraction of sp³-hybridized carbons (Fsp3) is 0.182.